The lowest BCUT2D eigenvalue weighted by molar-refractivity contribution is 0.549. The van der Waals surface area contributed by atoms with Crippen LogP contribution in [0.3, 0.4) is 0 Å². The molecule has 0 fully saturated rings. The average Bonchev–Trinajstić information content (AvgIpc) is 2.78. The van der Waals surface area contributed by atoms with Gasteiger partial charge in [0.2, 0.25) is 6.41 Å². The molecule has 1 aromatic heterocycles. The van der Waals surface area contributed by atoms with Gasteiger partial charge in [-0.1, -0.05) is 48.5 Å². The van der Waals surface area contributed by atoms with E-state index in [1.807, 2.05) is 48.7 Å². The van der Waals surface area contributed by atoms with E-state index in [1.54, 1.807) is 4.57 Å². The van der Waals surface area contributed by atoms with Gasteiger partial charge >= 0.3 is 0 Å². The van der Waals surface area contributed by atoms with Crippen molar-refractivity contribution in [3.63, 3.8) is 0 Å². The van der Waals surface area contributed by atoms with E-state index in [9.17, 15) is 4.79 Å². The largest absolute Gasteiger partial charge is 0.289 e. The third-order valence-electron chi connectivity index (χ3n) is 2.94. The Morgan fingerprint density at radius 2 is 1.59 bits per heavy atom. The highest BCUT2D eigenvalue weighted by Crippen LogP contribution is 2.29. The molecule has 3 aromatic rings. The first-order valence-corrected chi connectivity index (χ1v) is 5.50. The highest BCUT2D eigenvalue weighted by atomic mass is 16.1. The van der Waals surface area contributed by atoms with Gasteiger partial charge in [0, 0.05) is 17.1 Å². The quantitative estimate of drug-likeness (QED) is 0.608. The third-order valence-corrected chi connectivity index (χ3v) is 2.94. The minimum Gasteiger partial charge on any atom is -0.289 e. The number of para-hydroxylation sites is 1. The molecular formula is C15H11NO. The van der Waals surface area contributed by atoms with Crippen LogP contribution in [0.2, 0.25) is 0 Å². The summed E-state index contributed by atoms with van der Waals surface area (Å²) >= 11 is 0. The molecule has 0 saturated carbocycles. The molecule has 2 heteroatoms. The summed E-state index contributed by atoms with van der Waals surface area (Å²) < 4.78 is 1.62. The monoisotopic (exact) mass is 221 g/mol. The van der Waals surface area contributed by atoms with Crippen LogP contribution in [0, 0.1) is 0 Å². The molecule has 0 unspecified atom stereocenters. The second-order valence-corrected chi connectivity index (χ2v) is 3.94. The number of carbonyl (C=O) groups excluding carboxylic acids is 1. The normalized spacial score (nSPS) is 10.6. The molecule has 82 valence electrons. The summed E-state index contributed by atoms with van der Waals surface area (Å²) in [6.45, 7) is 0. The maximum atomic E-state index is 11.0. The SMILES string of the molecule is O=Cn1cc(-c2ccccc2)c2ccccc21. The van der Waals surface area contributed by atoms with Gasteiger partial charge in [0.1, 0.15) is 0 Å². The molecule has 0 radical (unpaired) electrons. The molecule has 0 aliphatic carbocycles. The smallest absolute Gasteiger partial charge is 0.218 e. The van der Waals surface area contributed by atoms with Crippen molar-refractivity contribution in [3.8, 4) is 11.1 Å². The van der Waals surface area contributed by atoms with Gasteiger partial charge < -0.3 is 0 Å². The fourth-order valence-corrected chi connectivity index (χ4v) is 2.14. The maximum Gasteiger partial charge on any atom is 0.218 e. The number of hydrogen-bond acceptors (Lipinski definition) is 1. The zero-order valence-corrected chi connectivity index (χ0v) is 9.21. The number of carbonyl (C=O) groups is 1. The number of rotatable bonds is 2. The topological polar surface area (TPSA) is 22.0 Å². The van der Waals surface area contributed by atoms with Crippen molar-refractivity contribution in [3.05, 3.63) is 60.8 Å². The molecule has 0 atom stereocenters. The highest BCUT2D eigenvalue weighted by Gasteiger charge is 2.08. The second-order valence-electron chi connectivity index (χ2n) is 3.94. The number of fused-ring (bicyclic) bond motifs is 1. The average molecular weight is 221 g/mol. The predicted octanol–water partition coefficient (Wildman–Crippen LogP) is 3.35. The van der Waals surface area contributed by atoms with Crippen molar-refractivity contribution in [2.75, 3.05) is 0 Å². The molecule has 0 saturated heterocycles. The minimum absolute atomic E-state index is 0.842. The van der Waals surface area contributed by atoms with Crippen LogP contribution in [0.5, 0.6) is 0 Å². The fourth-order valence-electron chi connectivity index (χ4n) is 2.14. The summed E-state index contributed by atoms with van der Waals surface area (Å²) in [6.07, 6.45) is 2.72. The van der Waals surface area contributed by atoms with Crippen LogP contribution < -0.4 is 0 Å². The first kappa shape index (κ1) is 9.85. The molecule has 0 amide bonds. The number of nitrogens with zero attached hydrogens (tertiary/aromatic N) is 1. The van der Waals surface area contributed by atoms with Gasteiger partial charge in [-0.15, -0.1) is 0 Å². The lowest BCUT2D eigenvalue weighted by atomic mass is 10.1. The summed E-state index contributed by atoms with van der Waals surface area (Å²) in [5.41, 5.74) is 3.17. The van der Waals surface area contributed by atoms with E-state index in [0.717, 1.165) is 28.4 Å². The minimum atomic E-state index is 0.842. The Kier molecular flexibility index (Phi) is 2.26. The van der Waals surface area contributed by atoms with Gasteiger partial charge in [-0.2, -0.15) is 0 Å². The summed E-state index contributed by atoms with van der Waals surface area (Å²) in [5, 5.41) is 1.10. The van der Waals surface area contributed by atoms with Crippen molar-refractivity contribution < 1.29 is 4.79 Å². The molecule has 0 bridgehead atoms. The molecule has 0 spiro atoms. The second kappa shape index (κ2) is 3.91. The van der Waals surface area contributed by atoms with E-state index >= 15 is 0 Å². The molecule has 0 N–H and O–H groups in total. The van der Waals surface area contributed by atoms with E-state index in [0.29, 0.717) is 0 Å². The molecule has 0 aliphatic rings. The number of hydrogen-bond donors (Lipinski definition) is 0. The van der Waals surface area contributed by atoms with Gasteiger partial charge in [-0.05, 0) is 11.6 Å². The van der Waals surface area contributed by atoms with Gasteiger partial charge in [0.05, 0.1) is 5.52 Å². The van der Waals surface area contributed by atoms with E-state index in [4.69, 9.17) is 0 Å². The molecular weight excluding hydrogens is 210 g/mol. The van der Waals surface area contributed by atoms with Crippen LogP contribution in [0.1, 0.15) is 0 Å². The molecule has 1 heterocycles. The fraction of sp³-hybridized carbons (Fsp3) is 0. The first-order chi connectivity index (χ1) is 8.40. The van der Waals surface area contributed by atoms with Crippen molar-refractivity contribution in [1.82, 2.24) is 4.57 Å². The standard InChI is InChI=1S/C15H11NO/c17-11-16-10-14(12-6-2-1-3-7-12)13-8-4-5-9-15(13)16/h1-11H. The Balaban J connectivity index is 2.34. The van der Waals surface area contributed by atoms with Crippen LogP contribution in [-0.4, -0.2) is 11.0 Å². The Hall–Kier alpha value is -2.35. The lowest BCUT2D eigenvalue weighted by Crippen LogP contribution is -1.89. The summed E-state index contributed by atoms with van der Waals surface area (Å²) in [4.78, 5) is 11.0. The Labute approximate surface area is 99.1 Å². The summed E-state index contributed by atoms with van der Waals surface area (Å²) in [5.74, 6) is 0. The maximum absolute atomic E-state index is 11.0. The van der Waals surface area contributed by atoms with E-state index in [-0.39, 0.29) is 0 Å². The van der Waals surface area contributed by atoms with Crippen LogP contribution in [0.25, 0.3) is 22.0 Å². The van der Waals surface area contributed by atoms with Crippen LogP contribution in [0.15, 0.2) is 60.8 Å². The molecule has 0 aliphatic heterocycles. The van der Waals surface area contributed by atoms with Gasteiger partial charge in [-0.25, -0.2) is 0 Å². The van der Waals surface area contributed by atoms with E-state index in [2.05, 4.69) is 12.1 Å². The molecule has 2 aromatic carbocycles. The van der Waals surface area contributed by atoms with E-state index < -0.39 is 0 Å². The van der Waals surface area contributed by atoms with Gasteiger partial charge in [0.25, 0.3) is 0 Å². The predicted molar refractivity (Wildman–Crippen MR) is 69.5 cm³/mol. The Morgan fingerprint density at radius 1 is 0.882 bits per heavy atom. The Bertz CT molecular complexity index is 668. The first-order valence-electron chi connectivity index (χ1n) is 5.50. The third kappa shape index (κ3) is 1.54. The zero-order valence-electron chi connectivity index (χ0n) is 9.21. The van der Waals surface area contributed by atoms with Crippen molar-refractivity contribution in [2.45, 2.75) is 0 Å². The highest BCUT2D eigenvalue weighted by molar-refractivity contribution is 5.98. The van der Waals surface area contributed by atoms with Crippen molar-refractivity contribution in [2.24, 2.45) is 0 Å². The molecule has 17 heavy (non-hydrogen) atoms. The zero-order chi connectivity index (χ0) is 11.7. The summed E-state index contributed by atoms with van der Waals surface area (Å²) in [7, 11) is 0. The van der Waals surface area contributed by atoms with Crippen molar-refractivity contribution >= 4 is 17.3 Å². The van der Waals surface area contributed by atoms with E-state index in [1.165, 1.54) is 0 Å². The lowest BCUT2D eigenvalue weighted by Gasteiger charge is -1.97. The van der Waals surface area contributed by atoms with Crippen molar-refractivity contribution in [1.29, 1.82) is 0 Å². The van der Waals surface area contributed by atoms with Crippen LogP contribution in [-0.2, 0) is 4.79 Å². The number of benzene rings is 2. The molecule has 2 nitrogen and oxygen atoms in total. The van der Waals surface area contributed by atoms with Gasteiger partial charge in [0.15, 0.2) is 0 Å². The number of aromatic nitrogens is 1. The summed E-state index contributed by atoms with van der Waals surface area (Å²) in [6, 6.07) is 18.0. The van der Waals surface area contributed by atoms with Crippen LogP contribution in [0.4, 0.5) is 0 Å². The van der Waals surface area contributed by atoms with Gasteiger partial charge in [-0.3, -0.25) is 9.36 Å². The Morgan fingerprint density at radius 3 is 2.35 bits per heavy atom. The molecule has 3 rings (SSSR count). The van der Waals surface area contributed by atoms with Crippen LogP contribution >= 0.6 is 0 Å².